The van der Waals surface area contributed by atoms with Gasteiger partial charge in [-0.15, -0.1) is 0 Å². The molecule has 4 heterocycles. The lowest BCUT2D eigenvalue weighted by Crippen LogP contribution is -2.31. The van der Waals surface area contributed by atoms with Crippen molar-refractivity contribution in [1.82, 2.24) is 24.8 Å². The number of rotatable bonds is 8. The van der Waals surface area contributed by atoms with E-state index < -0.39 is 0 Å². The minimum Gasteiger partial charge on any atom is -0.283 e. The van der Waals surface area contributed by atoms with Crippen molar-refractivity contribution in [3.8, 4) is 0 Å². The quantitative estimate of drug-likeness (QED) is 0.246. The fourth-order valence-electron chi connectivity index (χ4n) is 4.80. The van der Waals surface area contributed by atoms with Crippen LogP contribution in [0.1, 0.15) is 28.8 Å². The van der Waals surface area contributed by atoms with Crippen molar-refractivity contribution in [3.05, 3.63) is 144 Å². The highest BCUT2D eigenvalue weighted by atomic mass is 15.2. The molecular weight excluding hydrogens is 454 g/mol. The molecule has 0 aliphatic carbocycles. The molecule has 0 saturated carbocycles. The van der Waals surface area contributed by atoms with E-state index in [1.807, 2.05) is 54.9 Å². The maximum atomic E-state index is 4.99. The Labute approximate surface area is 216 Å². The number of hydrogen-bond donors (Lipinski definition) is 0. The van der Waals surface area contributed by atoms with E-state index in [0.29, 0.717) is 13.1 Å². The molecule has 180 valence electrons. The maximum absolute atomic E-state index is 4.99. The molecule has 6 rings (SSSR count). The van der Waals surface area contributed by atoms with Crippen LogP contribution in [0.2, 0.25) is 0 Å². The first-order valence-electron chi connectivity index (χ1n) is 12.6. The molecule has 0 amide bonds. The lowest BCUT2D eigenvalue weighted by molar-refractivity contribution is 0.169. The summed E-state index contributed by atoms with van der Waals surface area (Å²) in [6, 6.07) is 37.2. The molecule has 0 bridgehead atoms. The average Bonchev–Trinajstić information content (AvgIpc) is 2.96. The molecule has 0 aliphatic rings. The van der Waals surface area contributed by atoms with Gasteiger partial charge in [0.25, 0.3) is 0 Å². The van der Waals surface area contributed by atoms with Gasteiger partial charge in [0.2, 0.25) is 0 Å². The van der Waals surface area contributed by atoms with Crippen molar-refractivity contribution >= 4 is 21.8 Å². The standard InChI is InChI=1S/C32H27N5/c1-3-12-29-24(9-1)15-17-27(35-29)22-37(23-28-18-16-25-10-2-4-13-30(25)36-28)32(31-14-6-8-20-34-31)21-26-11-5-7-19-33-26/h1-20,32H,21-23H2. The Balaban J connectivity index is 1.41. The Morgan fingerprint density at radius 2 is 1.08 bits per heavy atom. The summed E-state index contributed by atoms with van der Waals surface area (Å²) >= 11 is 0. The van der Waals surface area contributed by atoms with Crippen LogP contribution in [0.3, 0.4) is 0 Å². The second-order valence-electron chi connectivity index (χ2n) is 9.19. The van der Waals surface area contributed by atoms with E-state index in [9.17, 15) is 0 Å². The maximum Gasteiger partial charge on any atom is 0.0705 e. The van der Waals surface area contributed by atoms with Crippen LogP contribution < -0.4 is 0 Å². The molecule has 6 aromatic rings. The summed E-state index contributed by atoms with van der Waals surface area (Å²) < 4.78 is 0. The fraction of sp³-hybridized carbons (Fsp3) is 0.125. The van der Waals surface area contributed by atoms with Crippen LogP contribution in [0.25, 0.3) is 21.8 Å². The van der Waals surface area contributed by atoms with Gasteiger partial charge in [-0.2, -0.15) is 0 Å². The predicted octanol–water partition coefficient (Wildman–Crippen LogP) is 6.56. The highest BCUT2D eigenvalue weighted by Crippen LogP contribution is 2.27. The summed E-state index contributed by atoms with van der Waals surface area (Å²) in [5.74, 6) is 0. The molecule has 0 saturated heterocycles. The van der Waals surface area contributed by atoms with E-state index >= 15 is 0 Å². The summed E-state index contributed by atoms with van der Waals surface area (Å²) in [4.78, 5) is 21.8. The number of pyridine rings is 4. The highest BCUT2D eigenvalue weighted by molar-refractivity contribution is 5.79. The van der Waals surface area contributed by atoms with Crippen molar-refractivity contribution in [2.24, 2.45) is 0 Å². The molecule has 37 heavy (non-hydrogen) atoms. The lowest BCUT2D eigenvalue weighted by atomic mass is 10.0. The van der Waals surface area contributed by atoms with E-state index in [4.69, 9.17) is 15.0 Å². The lowest BCUT2D eigenvalue weighted by Gasteiger charge is -2.31. The first-order valence-corrected chi connectivity index (χ1v) is 12.6. The molecule has 0 spiro atoms. The number of nitrogens with zero attached hydrogens (tertiary/aromatic N) is 5. The minimum atomic E-state index is -0.00218. The first-order chi connectivity index (χ1) is 18.3. The second kappa shape index (κ2) is 10.6. The number of fused-ring (bicyclic) bond motifs is 2. The first kappa shape index (κ1) is 23.0. The number of aromatic nitrogens is 4. The average molecular weight is 482 g/mol. The van der Waals surface area contributed by atoms with Crippen molar-refractivity contribution in [2.45, 2.75) is 25.6 Å². The molecule has 4 aromatic heterocycles. The summed E-state index contributed by atoms with van der Waals surface area (Å²) in [7, 11) is 0. The van der Waals surface area contributed by atoms with Gasteiger partial charge in [0.1, 0.15) is 0 Å². The van der Waals surface area contributed by atoms with Crippen molar-refractivity contribution in [2.75, 3.05) is 0 Å². The number of hydrogen-bond acceptors (Lipinski definition) is 5. The van der Waals surface area contributed by atoms with E-state index in [2.05, 4.69) is 76.6 Å². The Kier molecular flexibility index (Phi) is 6.60. The van der Waals surface area contributed by atoms with Gasteiger partial charge in [-0.05, 0) is 48.5 Å². The van der Waals surface area contributed by atoms with Gasteiger partial charge >= 0.3 is 0 Å². The molecule has 2 aromatic carbocycles. The zero-order valence-corrected chi connectivity index (χ0v) is 20.5. The third-order valence-electron chi connectivity index (χ3n) is 6.64. The number of benzene rings is 2. The van der Waals surface area contributed by atoms with Gasteiger partial charge in [-0.25, -0.2) is 0 Å². The van der Waals surface area contributed by atoms with Crippen molar-refractivity contribution in [3.63, 3.8) is 0 Å². The monoisotopic (exact) mass is 481 g/mol. The smallest absolute Gasteiger partial charge is 0.0705 e. The van der Waals surface area contributed by atoms with Crippen molar-refractivity contribution < 1.29 is 0 Å². The van der Waals surface area contributed by atoms with E-state index in [1.165, 1.54) is 0 Å². The zero-order chi connectivity index (χ0) is 24.9. The Morgan fingerprint density at radius 1 is 0.514 bits per heavy atom. The van der Waals surface area contributed by atoms with Crippen molar-refractivity contribution in [1.29, 1.82) is 0 Å². The van der Waals surface area contributed by atoms with Gasteiger partial charge < -0.3 is 0 Å². The normalized spacial score (nSPS) is 12.2. The third kappa shape index (κ3) is 5.37. The van der Waals surface area contributed by atoms with Crippen LogP contribution in [-0.4, -0.2) is 24.8 Å². The summed E-state index contributed by atoms with van der Waals surface area (Å²) in [5.41, 5.74) is 6.07. The predicted molar refractivity (Wildman–Crippen MR) is 148 cm³/mol. The highest BCUT2D eigenvalue weighted by Gasteiger charge is 2.24. The van der Waals surface area contributed by atoms with Crippen LogP contribution in [0.5, 0.6) is 0 Å². The van der Waals surface area contributed by atoms with Gasteiger partial charge in [0.15, 0.2) is 0 Å². The van der Waals surface area contributed by atoms with Crippen LogP contribution in [0.15, 0.2) is 122 Å². The number of para-hydroxylation sites is 2. The van der Waals surface area contributed by atoms with E-state index in [-0.39, 0.29) is 6.04 Å². The SMILES string of the molecule is c1ccc(CC(c2ccccn2)N(Cc2ccc3ccccc3n2)Cc2ccc3ccccc3n2)nc1. The zero-order valence-electron chi connectivity index (χ0n) is 20.5. The largest absolute Gasteiger partial charge is 0.283 e. The van der Waals surface area contributed by atoms with Crippen LogP contribution >= 0.6 is 0 Å². The minimum absolute atomic E-state index is 0.00218. The molecule has 0 N–H and O–H groups in total. The van der Waals surface area contributed by atoms with Crippen LogP contribution in [0.4, 0.5) is 0 Å². The molecule has 0 fully saturated rings. The van der Waals surface area contributed by atoms with Gasteiger partial charge in [-0.3, -0.25) is 24.8 Å². The van der Waals surface area contributed by atoms with Crippen LogP contribution in [0, 0.1) is 0 Å². The van der Waals surface area contributed by atoms with Crippen LogP contribution in [-0.2, 0) is 19.5 Å². The Morgan fingerprint density at radius 3 is 1.65 bits per heavy atom. The molecule has 0 radical (unpaired) electrons. The van der Waals surface area contributed by atoms with Gasteiger partial charge in [0.05, 0.1) is 34.2 Å². The summed E-state index contributed by atoms with van der Waals surface area (Å²) in [6.07, 6.45) is 4.45. The second-order valence-corrected chi connectivity index (χ2v) is 9.19. The molecule has 0 aliphatic heterocycles. The van der Waals surface area contributed by atoms with E-state index in [1.54, 1.807) is 0 Å². The third-order valence-corrected chi connectivity index (χ3v) is 6.64. The van der Waals surface area contributed by atoms with Gasteiger partial charge in [0, 0.05) is 48.4 Å². The topological polar surface area (TPSA) is 54.8 Å². The Bertz CT molecular complexity index is 1540. The molecule has 1 unspecified atom stereocenters. The summed E-state index contributed by atoms with van der Waals surface area (Å²) in [5, 5.41) is 2.28. The Hall–Kier alpha value is -4.48. The van der Waals surface area contributed by atoms with Gasteiger partial charge in [-0.1, -0.05) is 60.7 Å². The fourth-order valence-corrected chi connectivity index (χ4v) is 4.80. The van der Waals surface area contributed by atoms with E-state index in [0.717, 1.165) is 51.0 Å². The summed E-state index contributed by atoms with van der Waals surface area (Å²) in [6.45, 7) is 1.32. The molecule has 5 nitrogen and oxygen atoms in total. The molecular formula is C32H27N5. The molecule has 5 heteroatoms. The molecule has 1 atom stereocenters.